The molecule has 1 aliphatic heterocycles. The maximum absolute atomic E-state index is 13.9. The van der Waals surface area contributed by atoms with Crippen molar-refractivity contribution >= 4 is 55.7 Å². The second kappa shape index (κ2) is 7.81. The van der Waals surface area contributed by atoms with Gasteiger partial charge in [-0.1, -0.05) is 59.3 Å². The number of aliphatic hydroxyl groups is 1. The molecule has 0 bridgehead atoms. The molecule has 1 amide bonds. The molecular weight excluding hydrogens is 453 g/mol. The van der Waals surface area contributed by atoms with Gasteiger partial charge in [0.1, 0.15) is 17.6 Å². The van der Waals surface area contributed by atoms with Crippen LogP contribution in [0.1, 0.15) is 17.3 Å². The van der Waals surface area contributed by atoms with Crippen molar-refractivity contribution in [3.8, 4) is 0 Å². The molecule has 2 aromatic heterocycles. The smallest absolute Gasteiger partial charge is 0.301 e. The van der Waals surface area contributed by atoms with E-state index in [1.807, 2.05) is 0 Å². The number of ketones is 1. The fourth-order valence-corrected chi connectivity index (χ4v) is 4.77. The van der Waals surface area contributed by atoms with Crippen LogP contribution in [0.5, 0.6) is 0 Å². The third kappa shape index (κ3) is 3.24. The SMILES string of the molecule is O=C1C(=O)N(c2nc3cc(Cl)c(F)cc3s2)C(c2ccccn2)/C1=C(\O)c1ccccc1. The Kier molecular flexibility index (Phi) is 4.96. The van der Waals surface area contributed by atoms with E-state index in [0.29, 0.717) is 21.5 Å². The summed E-state index contributed by atoms with van der Waals surface area (Å²) in [6.07, 6.45) is 1.53. The molecule has 3 heterocycles. The van der Waals surface area contributed by atoms with Gasteiger partial charge >= 0.3 is 5.91 Å². The minimum absolute atomic E-state index is 0.0941. The molecule has 1 atom stereocenters. The predicted octanol–water partition coefficient (Wildman–Crippen LogP) is 5.11. The van der Waals surface area contributed by atoms with Gasteiger partial charge in [0.2, 0.25) is 0 Å². The van der Waals surface area contributed by atoms with Crippen LogP contribution in [0.3, 0.4) is 0 Å². The molecule has 0 saturated carbocycles. The summed E-state index contributed by atoms with van der Waals surface area (Å²) >= 11 is 6.91. The Morgan fingerprint density at radius 1 is 1.09 bits per heavy atom. The number of hydrogen-bond donors (Lipinski definition) is 1. The zero-order valence-corrected chi connectivity index (χ0v) is 17.8. The quantitative estimate of drug-likeness (QED) is 0.258. The molecule has 32 heavy (non-hydrogen) atoms. The molecule has 0 radical (unpaired) electrons. The number of anilines is 1. The lowest BCUT2D eigenvalue weighted by Gasteiger charge is -2.21. The Balaban J connectivity index is 1.73. The maximum Gasteiger partial charge on any atom is 0.301 e. The molecule has 9 heteroatoms. The average molecular weight is 466 g/mol. The molecule has 1 unspecified atom stereocenters. The summed E-state index contributed by atoms with van der Waals surface area (Å²) in [4.78, 5) is 36.1. The highest BCUT2D eigenvalue weighted by Crippen LogP contribution is 2.44. The molecule has 1 aliphatic rings. The molecule has 158 valence electrons. The van der Waals surface area contributed by atoms with Gasteiger partial charge in [0.25, 0.3) is 5.78 Å². The highest BCUT2D eigenvalue weighted by atomic mass is 35.5. The molecule has 0 aliphatic carbocycles. The predicted molar refractivity (Wildman–Crippen MR) is 120 cm³/mol. The lowest BCUT2D eigenvalue weighted by atomic mass is 9.98. The van der Waals surface area contributed by atoms with Crippen LogP contribution in [-0.2, 0) is 9.59 Å². The summed E-state index contributed by atoms with van der Waals surface area (Å²) < 4.78 is 14.4. The molecule has 1 N–H and O–H groups in total. The van der Waals surface area contributed by atoms with Crippen LogP contribution >= 0.6 is 22.9 Å². The van der Waals surface area contributed by atoms with Crippen molar-refractivity contribution in [3.63, 3.8) is 0 Å². The first-order valence-corrected chi connectivity index (χ1v) is 10.7. The Labute approximate surface area is 190 Å². The summed E-state index contributed by atoms with van der Waals surface area (Å²) in [7, 11) is 0. The highest BCUT2D eigenvalue weighted by molar-refractivity contribution is 7.22. The van der Waals surface area contributed by atoms with Crippen molar-refractivity contribution in [2.24, 2.45) is 0 Å². The molecule has 4 aromatic rings. The minimum Gasteiger partial charge on any atom is -0.507 e. The van der Waals surface area contributed by atoms with E-state index >= 15 is 0 Å². The molecule has 2 aromatic carbocycles. The van der Waals surface area contributed by atoms with E-state index in [-0.39, 0.29) is 21.5 Å². The normalized spacial score (nSPS) is 17.9. The van der Waals surface area contributed by atoms with Crippen LogP contribution in [0.4, 0.5) is 9.52 Å². The number of halogens is 2. The summed E-state index contributed by atoms with van der Waals surface area (Å²) in [5, 5.41) is 11.1. The van der Waals surface area contributed by atoms with E-state index in [2.05, 4.69) is 9.97 Å². The number of carbonyl (C=O) groups is 2. The number of aliphatic hydroxyl groups excluding tert-OH is 1. The monoisotopic (exact) mass is 465 g/mol. The van der Waals surface area contributed by atoms with E-state index in [1.54, 1.807) is 48.5 Å². The van der Waals surface area contributed by atoms with Gasteiger partial charge in [-0.05, 0) is 24.3 Å². The van der Waals surface area contributed by atoms with E-state index in [0.717, 1.165) is 11.3 Å². The largest absolute Gasteiger partial charge is 0.507 e. The lowest BCUT2D eigenvalue weighted by Crippen LogP contribution is -2.29. The summed E-state index contributed by atoms with van der Waals surface area (Å²) in [5.74, 6) is -2.63. The first-order chi connectivity index (χ1) is 15.5. The maximum atomic E-state index is 13.9. The number of Topliss-reactive ketones (excluding diaryl/α,β-unsaturated/α-hetero) is 1. The number of hydrogen-bond acceptors (Lipinski definition) is 6. The zero-order chi connectivity index (χ0) is 22.4. The van der Waals surface area contributed by atoms with E-state index in [1.165, 1.54) is 23.2 Å². The molecule has 6 nitrogen and oxygen atoms in total. The molecular formula is C23H13ClFN3O3S. The topological polar surface area (TPSA) is 83.4 Å². The van der Waals surface area contributed by atoms with Crippen LogP contribution in [0, 0.1) is 5.82 Å². The molecule has 5 rings (SSSR count). The Morgan fingerprint density at radius 3 is 2.56 bits per heavy atom. The van der Waals surface area contributed by atoms with Crippen LogP contribution < -0.4 is 4.90 Å². The van der Waals surface area contributed by atoms with Gasteiger partial charge in [-0.3, -0.25) is 19.5 Å². The van der Waals surface area contributed by atoms with Crippen molar-refractivity contribution in [2.45, 2.75) is 6.04 Å². The number of amides is 1. The number of thiazole rings is 1. The number of aromatic nitrogens is 2. The Hall–Kier alpha value is -3.62. The van der Waals surface area contributed by atoms with Crippen molar-refractivity contribution in [1.29, 1.82) is 0 Å². The second-order valence-electron chi connectivity index (χ2n) is 7.02. The number of pyridine rings is 1. The Bertz CT molecular complexity index is 1370. The number of nitrogens with zero attached hydrogens (tertiary/aromatic N) is 3. The van der Waals surface area contributed by atoms with Crippen molar-refractivity contribution in [3.05, 3.63) is 94.5 Å². The number of carbonyl (C=O) groups excluding carboxylic acids is 2. The van der Waals surface area contributed by atoms with Gasteiger partial charge in [0.15, 0.2) is 5.13 Å². The first kappa shape index (κ1) is 20.3. The fourth-order valence-electron chi connectivity index (χ4n) is 3.61. The third-order valence-electron chi connectivity index (χ3n) is 5.08. The van der Waals surface area contributed by atoms with Crippen LogP contribution in [0.15, 0.2) is 72.4 Å². The van der Waals surface area contributed by atoms with Crippen molar-refractivity contribution in [1.82, 2.24) is 9.97 Å². The minimum atomic E-state index is -1.00. The number of rotatable bonds is 3. The highest BCUT2D eigenvalue weighted by Gasteiger charge is 2.48. The fraction of sp³-hybridized carbons (Fsp3) is 0.0435. The van der Waals surface area contributed by atoms with Crippen LogP contribution in [-0.4, -0.2) is 26.8 Å². The number of benzene rings is 2. The molecule has 1 fully saturated rings. The number of fused-ring (bicyclic) bond motifs is 1. The van der Waals surface area contributed by atoms with Crippen molar-refractivity contribution in [2.75, 3.05) is 4.90 Å². The standard InChI is InChI=1S/C23H13ClFN3O3S/c24-13-10-16-17(11-14(13)25)32-23(27-16)28-19(15-8-4-5-9-26-15)18(21(30)22(28)31)20(29)12-6-2-1-3-7-12/h1-11,19,29H/b20-18+. The van der Waals surface area contributed by atoms with E-state index in [9.17, 15) is 19.1 Å². The summed E-state index contributed by atoms with van der Waals surface area (Å²) in [5.41, 5.74) is 1.07. The average Bonchev–Trinajstić information content (AvgIpc) is 3.32. The van der Waals surface area contributed by atoms with E-state index < -0.39 is 23.5 Å². The van der Waals surface area contributed by atoms with Gasteiger partial charge in [0, 0.05) is 11.8 Å². The van der Waals surface area contributed by atoms with Crippen LogP contribution in [0.25, 0.3) is 16.0 Å². The van der Waals surface area contributed by atoms with Gasteiger partial charge in [-0.25, -0.2) is 9.37 Å². The summed E-state index contributed by atoms with van der Waals surface area (Å²) in [6, 6.07) is 15.2. The molecule has 0 spiro atoms. The van der Waals surface area contributed by atoms with Crippen LogP contribution in [0.2, 0.25) is 5.02 Å². The first-order valence-electron chi connectivity index (χ1n) is 9.48. The lowest BCUT2D eigenvalue weighted by molar-refractivity contribution is -0.132. The third-order valence-corrected chi connectivity index (χ3v) is 6.39. The van der Waals surface area contributed by atoms with Gasteiger partial charge in [-0.15, -0.1) is 0 Å². The van der Waals surface area contributed by atoms with E-state index in [4.69, 9.17) is 11.6 Å². The zero-order valence-electron chi connectivity index (χ0n) is 16.2. The molecule has 1 saturated heterocycles. The Morgan fingerprint density at radius 2 is 1.84 bits per heavy atom. The van der Waals surface area contributed by atoms with Gasteiger partial charge < -0.3 is 5.11 Å². The second-order valence-corrected chi connectivity index (χ2v) is 8.44. The van der Waals surface area contributed by atoms with Crippen molar-refractivity contribution < 1.29 is 19.1 Å². The van der Waals surface area contributed by atoms with Gasteiger partial charge in [-0.2, -0.15) is 0 Å². The van der Waals surface area contributed by atoms with Gasteiger partial charge in [0.05, 0.1) is 26.5 Å². The summed E-state index contributed by atoms with van der Waals surface area (Å²) in [6.45, 7) is 0.